The Bertz CT molecular complexity index is 370. The summed E-state index contributed by atoms with van der Waals surface area (Å²) >= 11 is 3.43. The molecule has 3 heterocycles. The van der Waals surface area contributed by atoms with Crippen LogP contribution in [0.4, 0.5) is 0 Å². The molecule has 0 N–H and O–H groups in total. The van der Waals surface area contributed by atoms with E-state index in [0.717, 1.165) is 30.7 Å². The minimum atomic E-state index is 0.467. The third-order valence-electron chi connectivity index (χ3n) is 3.62. The number of nitrogens with zero attached hydrogens (tertiary/aromatic N) is 3. The molecule has 0 spiro atoms. The Kier molecular flexibility index (Phi) is 3.49. The number of hydrogen-bond acceptors (Lipinski definition) is 3. The molecule has 0 saturated carbocycles. The van der Waals surface area contributed by atoms with Gasteiger partial charge in [0.2, 0.25) is 0 Å². The lowest BCUT2D eigenvalue weighted by molar-refractivity contribution is -0.0288. The second-order valence-electron chi connectivity index (χ2n) is 5.00. The van der Waals surface area contributed by atoms with Crippen LogP contribution in [0.15, 0.2) is 16.9 Å². The number of hydrogen-bond donors (Lipinski definition) is 0. The van der Waals surface area contributed by atoms with E-state index in [2.05, 4.69) is 36.8 Å². The van der Waals surface area contributed by atoms with Crippen molar-refractivity contribution in [1.82, 2.24) is 14.7 Å². The Morgan fingerprint density at radius 3 is 2.94 bits per heavy atom. The molecular formula is C12H18BrN3O. The zero-order chi connectivity index (χ0) is 11.7. The quantitative estimate of drug-likeness (QED) is 0.856. The Labute approximate surface area is 110 Å². The van der Waals surface area contributed by atoms with Crippen LogP contribution >= 0.6 is 15.9 Å². The van der Waals surface area contributed by atoms with Gasteiger partial charge in [-0.1, -0.05) is 0 Å². The molecule has 0 radical (unpaired) electrons. The van der Waals surface area contributed by atoms with Gasteiger partial charge in [0.25, 0.3) is 0 Å². The first-order valence-corrected chi connectivity index (χ1v) is 7.14. The maximum Gasteiger partial charge on any atom is 0.0773 e. The molecule has 17 heavy (non-hydrogen) atoms. The normalized spacial score (nSPS) is 27.0. The van der Waals surface area contributed by atoms with E-state index in [4.69, 9.17) is 4.74 Å². The average Bonchev–Trinajstić information content (AvgIpc) is 2.71. The molecule has 1 aromatic rings. The van der Waals surface area contributed by atoms with Gasteiger partial charge in [-0.15, -0.1) is 0 Å². The number of halogens is 1. The van der Waals surface area contributed by atoms with Gasteiger partial charge < -0.3 is 4.74 Å². The summed E-state index contributed by atoms with van der Waals surface area (Å²) in [6.07, 6.45) is 8.17. The van der Waals surface area contributed by atoms with Gasteiger partial charge in [0.1, 0.15) is 0 Å². The monoisotopic (exact) mass is 299 g/mol. The van der Waals surface area contributed by atoms with Crippen molar-refractivity contribution in [2.24, 2.45) is 0 Å². The van der Waals surface area contributed by atoms with Crippen LogP contribution in [-0.2, 0) is 4.74 Å². The van der Waals surface area contributed by atoms with E-state index in [0.29, 0.717) is 12.1 Å². The summed E-state index contributed by atoms with van der Waals surface area (Å²) in [6, 6.07) is 0.546. The Morgan fingerprint density at radius 2 is 2.29 bits per heavy atom. The third kappa shape index (κ3) is 2.72. The molecule has 2 fully saturated rings. The van der Waals surface area contributed by atoms with Crippen molar-refractivity contribution in [3.8, 4) is 0 Å². The first-order valence-electron chi connectivity index (χ1n) is 6.35. The summed E-state index contributed by atoms with van der Waals surface area (Å²) in [5, 5.41) is 4.33. The van der Waals surface area contributed by atoms with Crippen molar-refractivity contribution in [3.63, 3.8) is 0 Å². The van der Waals surface area contributed by atoms with E-state index >= 15 is 0 Å². The highest BCUT2D eigenvalue weighted by Gasteiger charge is 2.30. The summed E-state index contributed by atoms with van der Waals surface area (Å²) in [5.41, 5.74) is 0. The van der Waals surface area contributed by atoms with Crippen LogP contribution in [0.5, 0.6) is 0 Å². The number of aromatic nitrogens is 2. The van der Waals surface area contributed by atoms with E-state index < -0.39 is 0 Å². The summed E-state index contributed by atoms with van der Waals surface area (Å²) in [4.78, 5) is 2.47. The number of ether oxygens (including phenoxy) is 1. The molecule has 0 amide bonds. The Morgan fingerprint density at radius 1 is 1.41 bits per heavy atom. The first-order chi connectivity index (χ1) is 8.31. The number of rotatable bonds is 3. The first kappa shape index (κ1) is 11.7. The maximum absolute atomic E-state index is 5.76. The van der Waals surface area contributed by atoms with Gasteiger partial charge in [-0.25, -0.2) is 0 Å². The lowest BCUT2D eigenvalue weighted by Crippen LogP contribution is -2.51. The standard InChI is InChI=1S/C12H18BrN3O/c13-10-5-14-16(6-10)11-7-15(8-11)9-12-3-1-2-4-17-12/h5-6,11-12H,1-4,7-9H2. The molecule has 4 nitrogen and oxygen atoms in total. The Balaban J connectivity index is 1.45. The summed E-state index contributed by atoms with van der Waals surface area (Å²) in [7, 11) is 0. The van der Waals surface area contributed by atoms with Crippen LogP contribution in [0.25, 0.3) is 0 Å². The van der Waals surface area contributed by atoms with Crippen LogP contribution in [0.1, 0.15) is 25.3 Å². The fourth-order valence-electron chi connectivity index (χ4n) is 2.61. The van der Waals surface area contributed by atoms with Crippen molar-refractivity contribution in [1.29, 1.82) is 0 Å². The van der Waals surface area contributed by atoms with Gasteiger partial charge in [0.15, 0.2) is 0 Å². The highest BCUT2D eigenvalue weighted by atomic mass is 79.9. The zero-order valence-electron chi connectivity index (χ0n) is 9.89. The molecule has 0 bridgehead atoms. The second-order valence-corrected chi connectivity index (χ2v) is 5.92. The van der Waals surface area contributed by atoms with E-state index in [1.165, 1.54) is 19.3 Å². The third-order valence-corrected chi connectivity index (χ3v) is 4.03. The second kappa shape index (κ2) is 5.08. The predicted octanol–water partition coefficient (Wildman–Crippen LogP) is 2.07. The topological polar surface area (TPSA) is 30.3 Å². The Hall–Kier alpha value is -0.390. The highest BCUT2D eigenvalue weighted by Crippen LogP contribution is 2.24. The summed E-state index contributed by atoms with van der Waals surface area (Å²) in [5.74, 6) is 0. The van der Waals surface area contributed by atoms with E-state index in [1.807, 2.05) is 6.20 Å². The van der Waals surface area contributed by atoms with Crippen LogP contribution in [-0.4, -0.2) is 47.0 Å². The van der Waals surface area contributed by atoms with Crippen molar-refractivity contribution < 1.29 is 4.74 Å². The smallest absolute Gasteiger partial charge is 0.0773 e. The van der Waals surface area contributed by atoms with Gasteiger partial charge in [0, 0.05) is 32.4 Å². The summed E-state index contributed by atoms with van der Waals surface area (Å²) in [6.45, 7) is 4.26. The molecular weight excluding hydrogens is 282 g/mol. The van der Waals surface area contributed by atoms with Gasteiger partial charge in [-0.2, -0.15) is 5.10 Å². The minimum absolute atomic E-state index is 0.467. The number of likely N-dealkylation sites (tertiary alicyclic amines) is 1. The van der Waals surface area contributed by atoms with Gasteiger partial charge in [-0.05, 0) is 35.2 Å². The van der Waals surface area contributed by atoms with Gasteiger partial charge >= 0.3 is 0 Å². The van der Waals surface area contributed by atoms with Crippen molar-refractivity contribution in [3.05, 3.63) is 16.9 Å². The minimum Gasteiger partial charge on any atom is -0.377 e. The molecule has 1 unspecified atom stereocenters. The van der Waals surface area contributed by atoms with Crippen LogP contribution in [0.3, 0.4) is 0 Å². The molecule has 2 aliphatic rings. The zero-order valence-corrected chi connectivity index (χ0v) is 11.5. The SMILES string of the molecule is Brc1cnn(C2CN(CC3CCCCO3)C2)c1. The molecule has 5 heteroatoms. The fraction of sp³-hybridized carbons (Fsp3) is 0.750. The maximum atomic E-state index is 5.76. The molecule has 0 aromatic carbocycles. The van der Waals surface area contributed by atoms with E-state index in [-0.39, 0.29) is 0 Å². The predicted molar refractivity (Wildman–Crippen MR) is 69.0 cm³/mol. The lowest BCUT2D eigenvalue weighted by atomic mass is 10.0. The van der Waals surface area contributed by atoms with Crippen molar-refractivity contribution >= 4 is 15.9 Å². The molecule has 0 aliphatic carbocycles. The fourth-order valence-corrected chi connectivity index (χ4v) is 2.91. The van der Waals surface area contributed by atoms with Crippen LogP contribution in [0, 0.1) is 0 Å². The molecule has 1 atom stereocenters. The lowest BCUT2D eigenvalue weighted by Gasteiger charge is -2.41. The molecule has 3 rings (SSSR count). The molecule has 1 aromatic heterocycles. The summed E-state index contributed by atoms with van der Waals surface area (Å²) < 4.78 is 8.88. The van der Waals surface area contributed by atoms with Gasteiger partial charge in [-0.3, -0.25) is 9.58 Å². The van der Waals surface area contributed by atoms with E-state index in [1.54, 1.807) is 0 Å². The molecule has 2 aliphatic heterocycles. The largest absolute Gasteiger partial charge is 0.377 e. The van der Waals surface area contributed by atoms with Crippen LogP contribution < -0.4 is 0 Å². The average molecular weight is 300 g/mol. The van der Waals surface area contributed by atoms with Crippen LogP contribution in [0.2, 0.25) is 0 Å². The van der Waals surface area contributed by atoms with Gasteiger partial charge in [0.05, 0.1) is 22.8 Å². The molecule has 2 saturated heterocycles. The molecule has 94 valence electrons. The highest BCUT2D eigenvalue weighted by molar-refractivity contribution is 9.10. The van der Waals surface area contributed by atoms with Crippen molar-refractivity contribution in [2.75, 3.05) is 26.2 Å². The van der Waals surface area contributed by atoms with E-state index in [9.17, 15) is 0 Å². The van der Waals surface area contributed by atoms with Crippen molar-refractivity contribution in [2.45, 2.75) is 31.4 Å².